The molecule has 39 heavy (non-hydrogen) atoms. The van der Waals surface area contributed by atoms with E-state index in [-0.39, 0.29) is 17.0 Å². The van der Waals surface area contributed by atoms with Gasteiger partial charge in [-0.2, -0.15) is 5.10 Å². The number of rotatable bonds is 7. The number of carbonyl (C=O) groups excluding carboxylic acids is 1. The molecule has 202 valence electrons. The molecule has 2 heterocycles. The van der Waals surface area contributed by atoms with E-state index in [0.29, 0.717) is 48.2 Å². The molecular weight excluding hydrogens is 504 g/mol. The number of carboxylic acids is 1. The van der Waals surface area contributed by atoms with Gasteiger partial charge in [0.05, 0.1) is 11.1 Å². The van der Waals surface area contributed by atoms with Gasteiger partial charge in [-0.05, 0) is 91.9 Å². The standard InChI is InChI=1S/C30H29F2N3O4/c1-19-25(29(37)38)11-12-27-26(19)18-35(33-27)17-20-13-15-34(16-14-20)28(36)21-3-7-23(8-4-21)39-24-9-5-22(6-10-24)30(2,31)32/h3-12,18,20H,13-17H2,1-2H3,(H,37,38). The highest BCUT2D eigenvalue weighted by molar-refractivity contribution is 5.96. The molecule has 0 radical (unpaired) electrons. The number of piperidine rings is 1. The van der Waals surface area contributed by atoms with Crippen LogP contribution in [0.5, 0.6) is 11.5 Å². The number of likely N-dealkylation sites (tertiary alicyclic amines) is 1. The number of aromatic nitrogens is 2. The van der Waals surface area contributed by atoms with Gasteiger partial charge in [-0.3, -0.25) is 9.48 Å². The summed E-state index contributed by atoms with van der Waals surface area (Å²) in [5, 5.41) is 14.8. The number of benzene rings is 3. The molecule has 5 rings (SSSR count). The Kier molecular flexibility index (Phi) is 7.08. The van der Waals surface area contributed by atoms with Gasteiger partial charge in [0.25, 0.3) is 11.8 Å². The third-order valence-electron chi connectivity index (χ3n) is 7.28. The van der Waals surface area contributed by atoms with Crippen molar-refractivity contribution in [1.29, 1.82) is 0 Å². The first-order chi connectivity index (χ1) is 18.6. The average molecular weight is 534 g/mol. The molecule has 1 amide bonds. The Labute approximate surface area is 224 Å². The van der Waals surface area contributed by atoms with Gasteiger partial charge >= 0.3 is 5.97 Å². The van der Waals surface area contributed by atoms with E-state index in [1.165, 1.54) is 24.3 Å². The number of halogens is 2. The van der Waals surface area contributed by atoms with Crippen LogP contribution in [0.2, 0.25) is 0 Å². The van der Waals surface area contributed by atoms with Crippen LogP contribution >= 0.6 is 0 Å². The molecule has 3 aromatic carbocycles. The fourth-order valence-electron chi connectivity index (χ4n) is 4.99. The summed E-state index contributed by atoms with van der Waals surface area (Å²) in [7, 11) is 0. The molecule has 9 heteroatoms. The number of nitrogens with zero attached hydrogens (tertiary/aromatic N) is 3. The summed E-state index contributed by atoms with van der Waals surface area (Å²) in [6.07, 6.45) is 3.59. The van der Waals surface area contributed by atoms with Crippen LogP contribution in [-0.4, -0.2) is 44.8 Å². The summed E-state index contributed by atoms with van der Waals surface area (Å²) in [4.78, 5) is 26.3. The quantitative estimate of drug-likeness (QED) is 0.293. The molecule has 0 spiro atoms. The van der Waals surface area contributed by atoms with Gasteiger partial charge in [-0.25, -0.2) is 13.6 Å². The zero-order valence-corrected chi connectivity index (χ0v) is 21.7. The van der Waals surface area contributed by atoms with Gasteiger partial charge in [0.1, 0.15) is 11.5 Å². The van der Waals surface area contributed by atoms with Crippen molar-refractivity contribution in [2.75, 3.05) is 13.1 Å². The number of aromatic carboxylic acids is 1. The molecule has 0 saturated carbocycles. The van der Waals surface area contributed by atoms with Crippen LogP contribution in [0.1, 0.15) is 51.6 Å². The second-order valence-corrected chi connectivity index (χ2v) is 10.1. The zero-order valence-electron chi connectivity index (χ0n) is 21.7. The molecule has 1 aliphatic rings. The van der Waals surface area contributed by atoms with Crippen LogP contribution in [0.15, 0.2) is 66.9 Å². The lowest BCUT2D eigenvalue weighted by atomic mass is 9.96. The summed E-state index contributed by atoms with van der Waals surface area (Å²) in [5.41, 5.74) is 2.25. The van der Waals surface area contributed by atoms with Gasteiger partial charge in [0, 0.05) is 49.3 Å². The Morgan fingerprint density at radius 2 is 1.62 bits per heavy atom. The summed E-state index contributed by atoms with van der Waals surface area (Å²) in [5.74, 6) is -2.59. The van der Waals surface area contributed by atoms with Crippen molar-refractivity contribution < 1.29 is 28.2 Å². The van der Waals surface area contributed by atoms with E-state index in [1.807, 2.05) is 15.8 Å². The fourth-order valence-corrected chi connectivity index (χ4v) is 4.99. The smallest absolute Gasteiger partial charge is 0.335 e. The molecule has 1 N–H and O–H groups in total. The number of fused-ring (bicyclic) bond motifs is 1. The highest BCUT2D eigenvalue weighted by atomic mass is 19.3. The molecule has 0 aliphatic carbocycles. The summed E-state index contributed by atoms with van der Waals surface area (Å²) in [6, 6.07) is 15.8. The molecule has 1 fully saturated rings. The zero-order chi connectivity index (χ0) is 27.7. The number of aryl methyl sites for hydroxylation is 1. The number of carbonyl (C=O) groups is 2. The first-order valence-electron chi connectivity index (χ1n) is 12.8. The number of hydrogen-bond acceptors (Lipinski definition) is 4. The lowest BCUT2D eigenvalue weighted by molar-refractivity contribution is 0.0174. The molecule has 0 bridgehead atoms. The van der Waals surface area contributed by atoms with Crippen LogP contribution in [0, 0.1) is 12.8 Å². The monoisotopic (exact) mass is 533 g/mol. The van der Waals surface area contributed by atoms with E-state index in [0.717, 1.165) is 30.7 Å². The maximum Gasteiger partial charge on any atom is 0.335 e. The van der Waals surface area contributed by atoms with Crippen molar-refractivity contribution in [3.05, 3.63) is 89.1 Å². The van der Waals surface area contributed by atoms with Crippen molar-refractivity contribution in [2.45, 2.75) is 39.2 Å². The van der Waals surface area contributed by atoms with Gasteiger partial charge in [-0.15, -0.1) is 0 Å². The van der Waals surface area contributed by atoms with Crippen molar-refractivity contribution in [1.82, 2.24) is 14.7 Å². The van der Waals surface area contributed by atoms with E-state index in [2.05, 4.69) is 5.10 Å². The van der Waals surface area contributed by atoms with Crippen LogP contribution in [0.3, 0.4) is 0 Å². The molecular formula is C30H29F2N3O4. The lowest BCUT2D eigenvalue weighted by Gasteiger charge is -2.32. The predicted molar refractivity (Wildman–Crippen MR) is 143 cm³/mol. The molecule has 1 saturated heterocycles. The highest BCUT2D eigenvalue weighted by Gasteiger charge is 2.25. The summed E-state index contributed by atoms with van der Waals surface area (Å²) < 4.78 is 34.4. The maximum absolute atomic E-state index is 13.4. The van der Waals surface area contributed by atoms with Crippen molar-refractivity contribution in [3.8, 4) is 11.5 Å². The first-order valence-corrected chi connectivity index (χ1v) is 12.8. The Balaban J connectivity index is 1.15. The number of hydrogen-bond donors (Lipinski definition) is 1. The molecule has 7 nitrogen and oxygen atoms in total. The summed E-state index contributed by atoms with van der Waals surface area (Å²) in [6.45, 7) is 4.64. The summed E-state index contributed by atoms with van der Waals surface area (Å²) >= 11 is 0. The number of carboxylic acid groups (broad SMARTS) is 1. The first kappa shape index (κ1) is 26.3. The Hall–Kier alpha value is -4.27. The molecule has 1 aromatic heterocycles. The van der Waals surface area contributed by atoms with Crippen LogP contribution in [0.25, 0.3) is 10.9 Å². The molecule has 0 unspecified atom stereocenters. The highest BCUT2D eigenvalue weighted by Crippen LogP contribution is 2.30. The molecule has 4 aromatic rings. The van der Waals surface area contributed by atoms with Crippen molar-refractivity contribution >= 4 is 22.8 Å². The lowest BCUT2D eigenvalue weighted by Crippen LogP contribution is -2.39. The van der Waals surface area contributed by atoms with E-state index in [1.54, 1.807) is 43.3 Å². The Morgan fingerprint density at radius 1 is 1.00 bits per heavy atom. The second-order valence-electron chi connectivity index (χ2n) is 10.1. The van der Waals surface area contributed by atoms with Crippen LogP contribution in [0.4, 0.5) is 8.78 Å². The van der Waals surface area contributed by atoms with Crippen LogP contribution < -0.4 is 4.74 Å². The van der Waals surface area contributed by atoms with Crippen molar-refractivity contribution in [2.24, 2.45) is 5.92 Å². The Bertz CT molecular complexity index is 1500. The van der Waals surface area contributed by atoms with E-state index in [9.17, 15) is 23.5 Å². The number of alkyl halides is 2. The van der Waals surface area contributed by atoms with E-state index < -0.39 is 11.9 Å². The maximum atomic E-state index is 13.4. The average Bonchev–Trinajstić information content (AvgIpc) is 3.32. The van der Waals surface area contributed by atoms with Gasteiger partial charge in [0.15, 0.2) is 0 Å². The van der Waals surface area contributed by atoms with Crippen LogP contribution in [-0.2, 0) is 12.5 Å². The normalized spacial score (nSPS) is 14.5. The fraction of sp³-hybridized carbons (Fsp3) is 0.300. The minimum Gasteiger partial charge on any atom is -0.478 e. The van der Waals surface area contributed by atoms with Gasteiger partial charge in [0.2, 0.25) is 0 Å². The number of amides is 1. The topological polar surface area (TPSA) is 84.7 Å². The van der Waals surface area contributed by atoms with Gasteiger partial charge < -0.3 is 14.7 Å². The molecule has 1 aliphatic heterocycles. The van der Waals surface area contributed by atoms with Gasteiger partial charge in [-0.1, -0.05) is 0 Å². The third-order valence-corrected chi connectivity index (χ3v) is 7.28. The third kappa shape index (κ3) is 5.77. The largest absolute Gasteiger partial charge is 0.478 e. The van der Waals surface area contributed by atoms with E-state index >= 15 is 0 Å². The predicted octanol–water partition coefficient (Wildman–Crippen LogP) is 6.50. The van der Waals surface area contributed by atoms with E-state index in [4.69, 9.17) is 4.74 Å². The Morgan fingerprint density at radius 3 is 2.21 bits per heavy atom. The minimum absolute atomic E-state index is 0.0452. The second kappa shape index (κ2) is 10.5. The molecule has 0 atom stereocenters. The SMILES string of the molecule is Cc1c(C(=O)O)ccc2nn(CC3CCN(C(=O)c4ccc(Oc5ccc(C(C)(F)F)cc5)cc4)CC3)cc12. The minimum atomic E-state index is -2.91. The van der Waals surface area contributed by atoms with Crippen molar-refractivity contribution in [3.63, 3.8) is 0 Å². The number of ether oxygens (including phenoxy) is 1.